The average molecular weight is 1110 g/mol. The van der Waals surface area contributed by atoms with Crippen molar-refractivity contribution < 1.29 is 78.1 Å². The number of benzene rings is 2. The Morgan fingerprint density at radius 2 is 1.26 bits per heavy atom. The van der Waals surface area contributed by atoms with E-state index in [9.17, 15) is 54.3 Å². The molecule has 3 unspecified atom stereocenters. The Kier molecular flexibility index (Phi) is 16.0. The van der Waals surface area contributed by atoms with Crippen LogP contribution in [-0.2, 0) is 46.3 Å². The summed E-state index contributed by atoms with van der Waals surface area (Å²) in [5.41, 5.74) is 0.477. The number of aliphatic hydroxyl groups excluding tert-OH is 4. The molecule has 8 N–H and O–H groups in total. The van der Waals surface area contributed by atoms with Crippen LogP contribution in [0.25, 0.3) is 0 Å². The number of hydrogen-bond acceptors (Lipinski definition) is 20. The van der Waals surface area contributed by atoms with Crippen LogP contribution in [0.4, 0.5) is 11.4 Å². The van der Waals surface area contributed by atoms with Gasteiger partial charge in [-0.05, 0) is 114 Å². The van der Waals surface area contributed by atoms with Gasteiger partial charge in [0.25, 0.3) is 11.8 Å². The number of carbonyl (C=O) groups is 8. The zero-order valence-electron chi connectivity index (χ0n) is 47.0. The second-order valence-corrected chi connectivity index (χ2v) is 22.5. The van der Waals surface area contributed by atoms with Crippen molar-refractivity contribution in [3.05, 3.63) is 91.8 Å². The molecule has 3 amide bonds. The number of nitrogens with zero attached hydrogens (tertiary/aromatic N) is 4. The number of allylic oxidation sites excluding steroid dienone is 2. The van der Waals surface area contributed by atoms with Gasteiger partial charge in [-0.3, -0.25) is 53.5 Å². The molecule has 0 radical (unpaired) electrons. The lowest BCUT2D eigenvalue weighted by Gasteiger charge is -2.51. The lowest BCUT2D eigenvalue weighted by atomic mass is 9.58. The van der Waals surface area contributed by atoms with E-state index < -0.39 is 134 Å². The number of likely N-dealkylation sites (N-methyl/N-ethyl adjacent to an activating group) is 3. The lowest BCUT2D eigenvalue weighted by Crippen LogP contribution is -2.65. The molecule has 8 rings (SSSR count). The fraction of sp³-hybridized carbons (Fsp3) is 0.517. The van der Waals surface area contributed by atoms with Crippen molar-refractivity contribution in [1.82, 2.24) is 15.1 Å². The van der Waals surface area contributed by atoms with Gasteiger partial charge >= 0.3 is 5.97 Å². The Morgan fingerprint density at radius 1 is 0.725 bits per heavy atom. The minimum atomic E-state index is -2.86. The number of aliphatic hydroxyl groups is 5. The van der Waals surface area contributed by atoms with E-state index in [2.05, 4.69) is 0 Å². The first-order chi connectivity index (χ1) is 37.6. The smallest absolute Gasteiger partial charge is 0.304 e. The summed E-state index contributed by atoms with van der Waals surface area (Å²) in [4.78, 5) is 117. The topological polar surface area (TPSA) is 316 Å². The van der Waals surface area contributed by atoms with Gasteiger partial charge in [0.05, 0.1) is 36.4 Å². The van der Waals surface area contributed by atoms with Crippen molar-refractivity contribution in [3.8, 4) is 11.5 Å². The molecule has 0 fully saturated rings. The van der Waals surface area contributed by atoms with Crippen LogP contribution in [0.2, 0.25) is 0 Å². The number of primary amides is 1. The highest BCUT2D eigenvalue weighted by Crippen LogP contribution is 2.56. The zero-order chi connectivity index (χ0) is 58.9. The lowest BCUT2D eigenvalue weighted by molar-refractivity contribution is -0.177. The van der Waals surface area contributed by atoms with Crippen LogP contribution in [0.5, 0.6) is 11.5 Å². The van der Waals surface area contributed by atoms with Crippen LogP contribution in [0, 0.1) is 23.7 Å². The molecule has 22 heteroatoms. The summed E-state index contributed by atoms with van der Waals surface area (Å²) in [6, 6.07) is 4.53. The van der Waals surface area contributed by atoms with Crippen LogP contribution in [0.1, 0.15) is 98.1 Å². The van der Waals surface area contributed by atoms with E-state index in [1.807, 2.05) is 41.1 Å². The molecule has 0 saturated carbocycles. The maximum atomic E-state index is 15.3. The third-order valence-electron chi connectivity index (χ3n) is 16.7. The monoisotopic (exact) mass is 1110 g/mol. The summed E-state index contributed by atoms with van der Waals surface area (Å²) >= 11 is 0. The predicted molar refractivity (Wildman–Crippen MR) is 291 cm³/mol. The number of nitrogens with one attached hydrogen (secondary N) is 1. The van der Waals surface area contributed by atoms with Gasteiger partial charge in [0.15, 0.2) is 22.9 Å². The molecule has 430 valence electrons. The van der Waals surface area contributed by atoms with Crippen LogP contribution < -0.4 is 30.3 Å². The highest BCUT2D eigenvalue weighted by molar-refractivity contribution is 6.27. The number of anilines is 2. The van der Waals surface area contributed by atoms with Gasteiger partial charge in [-0.2, -0.15) is 0 Å². The van der Waals surface area contributed by atoms with Crippen LogP contribution in [0.3, 0.4) is 0 Å². The summed E-state index contributed by atoms with van der Waals surface area (Å²) in [5, 5.41) is 62.2. The first-order valence-corrected chi connectivity index (χ1v) is 26.9. The number of esters is 1. The molecule has 80 heavy (non-hydrogen) atoms. The van der Waals surface area contributed by atoms with E-state index in [4.69, 9.17) is 19.9 Å². The molecule has 0 aromatic heterocycles. The maximum Gasteiger partial charge on any atom is 0.304 e. The quantitative estimate of drug-likeness (QED) is 0.0673. The van der Waals surface area contributed by atoms with Crippen molar-refractivity contribution in [3.63, 3.8) is 0 Å². The first-order valence-electron chi connectivity index (χ1n) is 26.9. The van der Waals surface area contributed by atoms with Crippen molar-refractivity contribution >= 4 is 58.2 Å². The van der Waals surface area contributed by atoms with Crippen LogP contribution in [-0.4, -0.2) is 174 Å². The van der Waals surface area contributed by atoms with Crippen molar-refractivity contribution in [2.24, 2.45) is 29.4 Å². The number of ketones is 4. The largest absolute Gasteiger partial charge is 0.510 e. The fourth-order valence-corrected chi connectivity index (χ4v) is 13.4. The minimum Gasteiger partial charge on any atom is -0.510 e. The summed E-state index contributed by atoms with van der Waals surface area (Å²) in [7, 11) is 11.7. The normalized spacial score (nSPS) is 26.5. The number of unbranched alkanes of at least 4 members (excludes halogenated alkanes) is 1. The van der Waals surface area contributed by atoms with E-state index in [1.54, 1.807) is 61.5 Å². The van der Waals surface area contributed by atoms with Gasteiger partial charge in [-0.15, -0.1) is 0 Å². The summed E-state index contributed by atoms with van der Waals surface area (Å²) in [6.07, 6.45) is 1.86. The van der Waals surface area contributed by atoms with Crippen LogP contribution >= 0.6 is 0 Å². The number of amides is 3. The molecule has 0 aliphatic heterocycles. The molecule has 6 aliphatic rings. The molecule has 0 spiro atoms. The Balaban J connectivity index is 1.20. The zero-order valence-corrected chi connectivity index (χ0v) is 47.0. The van der Waals surface area contributed by atoms with Crippen LogP contribution in [0.15, 0.2) is 69.6 Å². The Labute approximate surface area is 463 Å². The number of ether oxygens (including phenoxy) is 3. The fourth-order valence-electron chi connectivity index (χ4n) is 13.4. The van der Waals surface area contributed by atoms with E-state index in [-0.39, 0.29) is 72.6 Å². The number of hydrogen-bond donors (Lipinski definition) is 7. The summed E-state index contributed by atoms with van der Waals surface area (Å²) in [5.74, 6) is -15.3. The van der Waals surface area contributed by atoms with Crippen molar-refractivity contribution in [2.75, 3.05) is 72.3 Å². The Bertz CT molecular complexity index is 3150. The number of rotatable bonds is 17. The second-order valence-electron chi connectivity index (χ2n) is 22.5. The SMILES string of the molecule is CCCCOc1ccc(N(C)CC(CCC)Oc2ccc(N(C)C)c3c2C(=O)C2=C(O)[C@]4(O)C(=O)C(C(=O)NC(C)=O)=C(O)C(N(C)C)[C@@H]4C[C@@H]2C3)c2c1C(=O)C1=C(O)[C@]3(OC(C)=O)C(=O)C(C(N)=O)=C(O)C(N(C)C)[C@@H]3C[C@@H]1C2. The standard InChI is InChI=1S/C58H72N6O16/c1-12-14-20-78-37-18-17-36(32-22-29-24-34-46(63(9)10)49(69)43(55(59)75)54(74)58(34,80-27(4)66)53(73)40(29)48(68)41(32)37)64(11)25-30(15-13-2)79-38-19-16-35(61(5)6)31-21-28-23-33-45(62(7)8)50(70)44(56(76)60-26(3)65)52(72)57(33,77)51(71)39(28)47(67)42(31)38/h16-19,28-30,33-34,45-46,69-71,73,77H,12-15,20-25H2,1-11H3,(H2,59,75)(H,60,65,76)/t28-,29-,30?,33-,34-,45?,46?,57-,58-/m0/s1. The number of nitrogens with two attached hydrogens (primary N) is 1. The van der Waals surface area contributed by atoms with E-state index in [1.165, 1.54) is 9.80 Å². The minimum absolute atomic E-state index is 0.0760. The number of Topliss-reactive ketones (excluding diaryl/α,β-unsaturated/α-hetero) is 4. The van der Waals surface area contributed by atoms with Gasteiger partial charge in [-0.25, -0.2) is 0 Å². The molecule has 22 nitrogen and oxygen atoms in total. The van der Waals surface area contributed by atoms with Crippen molar-refractivity contribution in [1.29, 1.82) is 0 Å². The van der Waals surface area contributed by atoms with Gasteiger partial charge in [0.2, 0.25) is 23.1 Å². The number of imide groups is 1. The molecular formula is C58H72N6O16. The summed E-state index contributed by atoms with van der Waals surface area (Å²) in [6.45, 7) is 6.38. The third-order valence-corrected chi connectivity index (χ3v) is 16.7. The first kappa shape index (κ1) is 58.6. The molecule has 0 bridgehead atoms. The third kappa shape index (κ3) is 9.27. The van der Waals surface area contributed by atoms with Gasteiger partial charge in [0, 0.05) is 69.3 Å². The Morgan fingerprint density at radius 3 is 1.81 bits per heavy atom. The highest BCUT2D eigenvalue weighted by Gasteiger charge is 2.67. The second kappa shape index (κ2) is 21.8. The average Bonchev–Trinajstić information content (AvgIpc) is 2.51. The number of carbonyl (C=O) groups excluding carboxylic acids is 8. The maximum absolute atomic E-state index is 15.3. The highest BCUT2D eigenvalue weighted by atomic mass is 16.6. The van der Waals surface area contributed by atoms with E-state index in [0.29, 0.717) is 41.8 Å². The molecule has 9 atom stereocenters. The summed E-state index contributed by atoms with van der Waals surface area (Å²) < 4.78 is 18.9. The molecule has 0 heterocycles. The Hall–Kier alpha value is -7.56. The predicted octanol–water partition coefficient (Wildman–Crippen LogP) is 3.82. The molecule has 0 saturated heterocycles. The van der Waals surface area contributed by atoms with E-state index in [0.717, 1.165) is 20.3 Å². The molecule has 2 aromatic carbocycles. The molecule has 6 aliphatic carbocycles. The van der Waals surface area contributed by atoms with Gasteiger partial charge in [0.1, 0.15) is 46.0 Å². The van der Waals surface area contributed by atoms with E-state index >= 15 is 9.59 Å². The van der Waals surface area contributed by atoms with Gasteiger partial charge < -0.3 is 55.3 Å². The molecular weight excluding hydrogens is 1040 g/mol. The molecule has 2 aromatic rings. The van der Waals surface area contributed by atoms with Gasteiger partial charge in [-0.1, -0.05) is 26.7 Å². The van der Waals surface area contributed by atoms with Crippen molar-refractivity contribution in [2.45, 2.75) is 108 Å². The number of fused-ring (bicyclic) bond motifs is 6.